The largest absolute Gasteiger partial charge is 1.00 e. The van der Waals surface area contributed by atoms with Gasteiger partial charge in [-0.2, -0.15) is 0 Å². The lowest BCUT2D eigenvalue weighted by atomic mass is 10.1. The van der Waals surface area contributed by atoms with Crippen molar-refractivity contribution in [1.29, 1.82) is 0 Å². The molecule has 10 heteroatoms. The molecular formula is C19H25ClN7O2-. The smallest absolute Gasteiger partial charge is 0.247 e. The van der Waals surface area contributed by atoms with Crippen molar-refractivity contribution in [1.82, 2.24) is 30.2 Å². The van der Waals surface area contributed by atoms with Crippen molar-refractivity contribution in [2.45, 2.75) is 18.5 Å². The van der Waals surface area contributed by atoms with Gasteiger partial charge in [-0.15, -0.1) is 5.10 Å². The maximum atomic E-state index is 13.3. The number of benzene rings is 1. The van der Waals surface area contributed by atoms with E-state index in [1.807, 2.05) is 29.2 Å². The van der Waals surface area contributed by atoms with Gasteiger partial charge >= 0.3 is 0 Å². The van der Waals surface area contributed by atoms with Gasteiger partial charge in [0.05, 0.1) is 18.8 Å². The summed E-state index contributed by atoms with van der Waals surface area (Å²) < 4.78 is 1.57. The van der Waals surface area contributed by atoms with Crippen molar-refractivity contribution in [3.05, 3.63) is 47.9 Å². The summed E-state index contributed by atoms with van der Waals surface area (Å²) in [5.41, 5.74) is 8.32. The van der Waals surface area contributed by atoms with E-state index in [1.54, 1.807) is 10.9 Å². The van der Waals surface area contributed by atoms with Crippen LogP contribution in [0.5, 0.6) is 0 Å². The van der Waals surface area contributed by atoms with E-state index in [1.165, 1.54) is 0 Å². The molecule has 2 atom stereocenters. The van der Waals surface area contributed by atoms with E-state index >= 15 is 0 Å². The third-order valence-corrected chi connectivity index (χ3v) is 5.14. The molecule has 2 aromatic heterocycles. The number of piperazine rings is 1. The van der Waals surface area contributed by atoms with Crippen molar-refractivity contribution in [3.8, 4) is 0 Å². The third kappa shape index (κ3) is 4.59. The Kier molecular flexibility index (Phi) is 6.86. The second-order valence-electron chi connectivity index (χ2n) is 7.09. The summed E-state index contributed by atoms with van der Waals surface area (Å²) in [5.74, 6) is 0.00850. The molecule has 1 aliphatic heterocycles. The summed E-state index contributed by atoms with van der Waals surface area (Å²) in [7, 11) is 0. The number of nitrogens with one attached hydrogen (secondary N) is 2. The minimum atomic E-state index is -0.614. The fourth-order valence-electron chi connectivity index (χ4n) is 3.55. The second kappa shape index (κ2) is 9.36. The standard InChI is InChI=1S/C19H25N7O2.ClH/c20-15(12-27)17-11-26(24-23-17)18(19(28)25-7-5-21-6-8-25)10-14-9-13-3-1-2-4-16(13)22-14;/h1-4,9,11,15,18,21-22,27H,5-8,10,12,20H2;1H/p-1. The number of hydrogen-bond acceptors (Lipinski definition) is 6. The summed E-state index contributed by atoms with van der Waals surface area (Å²) in [6, 6.07) is 8.94. The summed E-state index contributed by atoms with van der Waals surface area (Å²) in [4.78, 5) is 18.5. The van der Waals surface area contributed by atoms with E-state index in [2.05, 4.69) is 26.7 Å². The Bertz CT molecular complexity index is 918. The molecule has 2 unspecified atom stereocenters. The average molecular weight is 419 g/mol. The second-order valence-corrected chi connectivity index (χ2v) is 7.09. The lowest BCUT2D eigenvalue weighted by Crippen LogP contribution is -3.00. The van der Waals surface area contributed by atoms with Crippen molar-refractivity contribution >= 4 is 16.8 Å². The number of aliphatic hydroxyl groups is 1. The highest BCUT2D eigenvalue weighted by molar-refractivity contribution is 5.82. The molecule has 3 aromatic rings. The average Bonchev–Trinajstić information content (AvgIpc) is 3.38. The molecule has 1 saturated heterocycles. The number of halogens is 1. The van der Waals surface area contributed by atoms with Gasteiger partial charge in [-0.1, -0.05) is 23.4 Å². The SMILES string of the molecule is NC(CO)c1cn(C(Cc2cc3ccccc3[nH]2)C(=O)N2CCNCC2)nn1.[Cl-]. The van der Waals surface area contributed by atoms with E-state index in [0.717, 1.165) is 29.7 Å². The van der Waals surface area contributed by atoms with Gasteiger partial charge in [0.2, 0.25) is 5.91 Å². The minimum Gasteiger partial charge on any atom is -1.00 e. The molecule has 5 N–H and O–H groups in total. The van der Waals surface area contributed by atoms with Crippen LogP contribution in [0.15, 0.2) is 36.5 Å². The van der Waals surface area contributed by atoms with Gasteiger partial charge in [-0.3, -0.25) is 4.79 Å². The van der Waals surface area contributed by atoms with Crippen molar-refractivity contribution in [2.24, 2.45) is 5.73 Å². The lowest BCUT2D eigenvalue weighted by Gasteiger charge is -2.30. The fourth-order valence-corrected chi connectivity index (χ4v) is 3.55. The highest BCUT2D eigenvalue weighted by Gasteiger charge is 2.29. The fraction of sp³-hybridized carbons (Fsp3) is 0.421. The quantitative estimate of drug-likeness (QED) is 0.337. The summed E-state index contributed by atoms with van der Waals surface area (Å²) in [6.45, 7) is 2.67. The maximum Gasteiger partial charge on any atom is 0.247 e. The van der Waals surface area contributed by atoms with Crippen LogP contribution in [0.4, 0.5) is 0 Å². The summed E-state index contributed by atoms with van der Waals surface area (Å²) in [5, 5.41) is 21.8. The first kappa shape index (κ1) is 21.3. The van der Waals surface area contributed by atoms with Gasteiger partial charge in [0.25, 0.3) is 0 Å². The monoisotopic (exact) mass is 418 g/mol. The predicted octanol–water partition coefficient (Wildman–Crippen LogP) is -3.03. The highest BCUT2D eigenvalue weighted by atomic mass is 35.5. The molecule has 1 aliphatic rings. The number of amides is 1. The molecule has 0 saturated carbocycles. The van der Waals surface area contributed by atoms with Crippen LogP contribution in [-0.2, 0) is 11.2 Å². The van der Waals surface area contributed by atoms with E-state index in [-0.39, 0.29) is 24.9 Å². The van der Waals surface area contributed by atoms with Crippen LogP contribution in [0, 0.1) is 0 Å². The van der Waals surface area contributed by atoms with Crippen LogP contribution in [0.3, 0.4) is 0 Å². The predicted molar refractivity (Wildman–Crippen MR) is 105 cm³/mol. The minimum absolute atomic E-state index is 0. The molecule has 0 aliphatic carbocycles. The number of carbonyl (C=O) groups excluding carboxylic acids is 1. The first-order valence-corrected chi connectivity index (χ1v) is 9.50. The zero-order valence-electron chi connectivity index (χ0n) is 16.0. The maximum absolute atomic E-state index is 13.3. The first-order chi connectivity index (χ1) is 13.7. The van der Waals surface area contributed by atoms with Crippen LogP contribution >= 0.6 is 0 Å². The Morgan fingerprint density at radius 2 is 2.03 bits per heavy atom. The molecule has 0 bridgehead atoms. The van der Waals surface area contributed by atoms with Crippen LogP contribution in [0.2, 0.25) is 0 Å². The van der Waals surface area contributed by atoms with Gasteiger partial charge in [0, 0.05) is 43.8 Å². The molecule has 1 fully saturated rings. The van der Waals surface area contributed by atoms with Gasteiger partial charge in [0.15, 0.2) is 0 Å². The van der Waals surface area contributed by atoms with Crippen LogP contribution in [-0.4, -0.2) is 68.7 Å². The number of rotatable bonds is 6. The number of aromatic nitrogens is 4. The van der Waals surface area contributed by atoms with E-state index in [9.17, 15) is 9.90 Å². The Hall–Kier alpha value is -2.46. The van der Waals surface area contributed by atoms with Gasteiger partial charge in [-0.05, 0) is 17.5 Å². The Morgan fingerprint density at radius 1 is 1.28 bits per heavy atom. The molecule has 29 heavy (non-hydrogen) atoms. The molecular weight excluding hydrogens is 394 g/mol. The van der Waals surface area contributed by atoms with E-state index < -0.39 is 12.1 Å². The van der Waals surface area contributed by atoms with Crippen LogP contribution in [0.1, 0.15) is 23.5 Å². The van der Waals surface area contributed by atoms with E-state index in [0.29, 0.717) is 25.2 Å². The molecule has 3 heterocycles. The molecule has 0 spiro atoms. The number of carbonyl (C=O) groups is 1. The lowest BCUT2D eigenvalue weighted by molar-refractivity contribution is -0.135. The zero-order valence-corrected chi connectivity index (χ0v) is 16.7. The van der Waals surface area contributed by atoms with Crippen molar-refractivity contribution in [2.75, 3.05) is 32.8 Å². The normalized spacial score (nSPS) is 16.4. The first-order valence-electron chi connectivity index (χ1n) is 9.50. The van der Waals surface area contributed by atoms with E-state index in [4.69, 9.17) is 5.73 Å². The van der Waals surface area contributed by atoms with Gasteiger partial charge < -0.3 is 38.4 Å². The number of nitrogens with two attached hydrogens (primary N) is 1. The topological polar surface area (TPSA) is 125 Å². The van der Waals surface area contributed by atoms with Gasteiger partial charge in [-0.25, -0.2) is 4.68 Å². The number of fused-ring (bicyclic) bond motifs is 1. The highest BCUT2D eigenvalue weighted by Crippen LogP contribution is 2.22. The Morgan fingerprint density at radius 3 is 2.76 bits per heavy atom. The molecule has 9 nitrogen and oxygen atoms in total. The number of para-hydroxylation sites is 1. The molecule has 1 amide bonds. The molecule has 4 rings (SSSR count). The molecule has 156 valence electrons. The van der Waals surface area contributed by atoms with Crippen molar-refractivity contribution in [3.63, 3.8) is 0 Å². The third-order valence-electron chi connectivity index (χ3n) is 5.14. The van der Waals surface area contributed by atoms with Crippen LogP contribution < -0.4 is 23.5 Å². The summed E-state index contributed by atoms with van der Waals surface area (Å²) >= 11 is 0. The number of nitrogens with zero attached hydrogens (tertiary/aromatic N) is 4. The number of aromatic amines is 1. The Balaban J connectivity index is 0.00000240. The summed E-state index contributed by atoms with van der Waals surface area (Å²) in [6.07, 6.45) is 2.13. The molecule has 0 radical (unpaired) electrons. The number of aliphatic hydroxyl groups excluding tert-OH is 1. The molecule has 1 aromatic carbocycles. The van der Waals surface area contributed by atoms with Gasteiger partial charge in [0.1, 0.15) is 11.7 Å². The Labute approximate surface area is 174 Å². The number of hydrogen-bond donors (Lipinski definition) is 4. The van der Waals surface area contributed by atoms with Crippen LogP contribution in [0.25, 0.3) is 10.9 Å². The van der Waals surface area contributed by atoms with Crippen molar-refractivity contribution < 1.29 is 22.3 Å². The number of H-pyrrole nitrogens is 1. The zero-order chi connectivity index (χ0) is 19.5.